The zero-order valence-electron chi connectivity index (χ0n) is 11.5. The number of hydrogen-bond acceptors (Lipinski definition) is 4. The van der Waals surface area contributed by atoms with Crippen molar-refractivity contribution in [1.29, 1.82) is 5.26 Å². The molecule has 0 saturated carbocycles. The largest absolute Gasteiger partial charge is 0.487 e. The Labute approximate surface area is 122 Å². The maximum Gasteiger partial charge on any atom is 0.407 e. The van der Waals surface area contributed by atoms with Gasteiger partial charge in [-0.15, -0.1) is 0 Å². The highest BCUT2D eigenvalue weighted by Crippen LogP contribution is 2.44. The van der Waals surface area contributed by atoms with Crippen LogP contribution in [0, 0.1) is 11.3 Å². The van der Waals surface area contributed by atoms with Gasteiger partial charge >= 0.3 is 6.09 Å². The van der Waals surface area contributed by atoms with Gasteiger partial charge in [-0.3, -0.25) is 0 Å². The number of hydrogen-bond donors (Lipinski definition) is 2. The summed E-state index contributed by atoms with van der Waals surface area (Å²) in [7, 11) is 0. The average Bonchev–Trinajstić information content (AvgIpc) is 2.47. The Morgan fingerprint density at radius 2 is 2.14 bits per heavy atom. The van der Waals surface area contributed by atoms with Gasteiger partial charge in [0, 0.05) is 37.9 Å². The molecular formula is C15H16N2O4. The van der Waals surface area contributed by atoms with Crippen molar-refractivity contribution >= 4 is 6.09 Å². The summed E-state index contributed by atoms with van der Waals surface area (Å²) in [5, 5.41) is 28.3. The van der Waals surface area contributed by atoms with Gasteiger partial charge in [0.25, 0.3) is 0 Å². The molecule has 110 valence electrons. The van der Waals surface area contributed by atoms with E-state index in [1.165, 1.54) is 4.90 Å². The van der Waals surface area contributed by atoms with Crippen LogP contribution in [0.3, 0.4) is 0 Å². The number of piperidine rings is 1. The highest BCUT2D eigenvalue weighted by molar-refractivity contribution is 5.65. The number of rotatable bonds is 0. The molecule has 2 aliphatic rings. The van der Waals surface area contributed by atoms with E-state index in [1.807, 2.05) is 6.07 Å². The van der Waals surface area contributed by atoms with Crippen molar-refractivity contribution in [3.63, 3.8) is 0 Å². The topological polar surface area (TPSA) is 93.8 Å². The second-order valence-electron chi connectivity index (χ2n) is 5.64. The van der Waals surface area contributed by atoms with Crippen LogP contribution in [0.2, 0.25) is 0 Å². The van der Waals surface area contributed by atoms with Crippen LogP contribution in [0.25, 0.3) is 0 Å². The molecule has 2 heterocycles. The summed E-state index contributed by atoms with van der Waals surface area (Å²) < 4.78 is 6.07. The number of benzene rings is 1. The molecule has 2 aliphatic heterocycles. The summed E-state index contributed by atoms with van der Waals surface area (Å²) in [4.78, 5) is 12.3. The standard InChI is InChI=1S/C15H16N2O4/c16-9-10-1-2-13-11(7-10)12(18)8-15(21-13)3-5-17(6-4-15)14(19)20/h1-2,7,12,18H,3-6,8H2,(H,19,20). The van der Waals surface area contributed by atoms with Crippen LogP contribution in [-0.2, 0) is 0 Å². The van der Waals surface area contributed by atoms with Crippen LogP contribution in [0.4, 0.5) is 4.79 Å². The Morgan fingerprint density at radius 3 is 2.76 bits per heavy atom. The number of amides is 1. The summed E-state index contributed by atoms with van der Waals surface area (Å²) in [6, 6.07) is 7.07. The minimum atomic E-state index is -0.916. The van der Waals surface area contributed by atoms with E-state index in [0.717, 1.165) is 0 Å². The average molecular weight is 288 g/mol. The molecule has 0 aliphatic carbocycles. The monoisotopic (exact) mass is 288 g/mol. The zero-order valence-corrected chi connectivity index (χ0v) is 11.5. The normalized spacial score (nSPS) is 23.0. The fourth-order valence-electron chi connectivity index (χ4n) is 3.12. The van der Waals surface area contributed by atoms with E-state index in [2.05, 4.69) is 0 Å². The van der Waals surface area contributed by atoms with Crippen molar-refractivity contribution in [3.8, 4) is 11.8 Å². The smallest absolute Gasteiger partial charge is 0.407 e. The number of nitriles is 1. The van der Waals surface area contributed by atoms with Gasteiger partial charge in [-0.2, -0.15) is 5.26 Å². The van der Waals surface area contributed by atoms with E-state index in [1.54, 1.807) is 18.2 Å². The lowest BCUT2D eigenvalue weighted by Gasteiger charge is -2.45. The Balaban J connectivity index is 1.83. The quantitative estimate of drug-likeness (QED) is 0.760. The Hall–Kier alpha value is -2.26. The molecule has 1 spiro atoms. The van der Waals surface area contributed by atoms with Crippen molar-refractivity contribution in [2.24, 2.45) is 0 Å². The lowest BCUT2D eigenvalue weighted by molar-refractivity contribution is -0.0502. The van der Waals surface area contributed by atoms with Crippen LogP contribution >= 0.6 is 0 Å². The van der Waals surface area contributed by atoms with Gasteiger partial charge in [-0.25, -0.2) is 4.79 Å². The van der Waals surface area contributed by atoms with Gasteiger partial charge in [0.15, 0.2) is 0 Å². The van der Waals surface area contributed by atoms with Crippen molar-refractivity contribution in [3.05, 3.63) is 29.3 Å². The summed E-state index contributed by atoms with van der Waals surface area (Å²) in [5.41, 5.74) is 0.625. The molecule has 1 fully saturated rings. The first-order valence-corrected chi connectivity index (χ1v) is 6.92. The van der Waals surface area contributed by atoms with Crippen molar-refractivity contribution in [2.75, 3.05) is 13.1 Å². The maximum absolute atomic E-state index is 11.0. The Kier molecular flexibility index (Phi) is 3.22. The summed E-state index contributed by atoms with van der Waals surface area (Å²) in [6.07, 6.45) is -0.0350. The SMILES string of the molecule is N#Cc1ccc2c(c1)C(O)CC1(CCN(C(=O)O)CC1)O2. The molecule has 1 saturated heterocycles. The Bertz CT molecular complexity index is 615. The first-order chi connectivity index (χ1) is 10.0. The molecule has 3 rings (SSSR count). The number of fused-ring (bicyclic) bond motifs is 1. The minimum Gasteiger partial charge on any atom is -0.487 e. The number of carboxylic acid groups (broad SMARTS) is 1. The van der Waals surface area contributed by atoms with Crippen LogP contribution < -0.4 is 4.74 Å². The van der Waals surface area contributed by atoms with E-state index >= 15 is 0 Å². The van der Waals surface area contributed by atoms with Gasteiger partial charge in [-0.1, -0.05) is 0 Å². The molecule has 21 heavy (non-hydrogen) atoms. The number of carbonyl (C=O) groups is 1. The van der Waals surface area contributed by atoms with E-state index in [4.69, 9.17) is 15.1 Å². The molecule has 2 N–H and O–H groups in total. The first-order valence-electron chi connectivity index (χ1n) is 6.92. The molecular weight excluding hydrogens is 272 g/mol. The lowest BCUT2D eigenvalue weighted by atomic mass is 9.81. The second-order valence-corrected chi connectivity index (χ2v) is 5.64. The fourth-order valence-corrected chi connectivity index (χ4v) is 3.12. The predicted molar refractivity (Wildman–Crippen MR) is 72.9 cm³/mol. The fraction of sp³-hybridized carbons (Fsp3) is 0.467. The van der Waals surface area contributed by atoms with Gasteiger partial charge in [0.1, 0.15) is 11.4 Å². The number of likely N-dealkylation sites (tertiary alicyclic amines) is 1. The highest BCUT2D eigenvalue weighted by atomic mass is 16.5. The van der Waals surface area contributed by atoms with Crippen molar-refractivity contribution in [2.45, 2.75) is 31.0 Å². The number of nitrogens with zero attached hydrogens (tertiary/aromatic N) is 2. The molecule has 1 amide bonds. The molecule has 6 nitrogen and oxygen atoms in total. The van der Waals surface area contributed by atoms with Crippen molar-refractivity contribution < 1.29 is 19.7 Å². The zero-order chi connectivity index (χ0) is 15.0. The summed E-state index contributed by atoms with van der Waals surface area (Å²) in [6.45, 7) is 0.821. The molecule has 0 bridgehead atoms. The van der Waals surface area contributed by atoms with E-state index in [0.29, 0.717) is 49.2 Å². The second kappa shape index (κ2) is 4.93. The van der Waals surface area contributed by atoms with Crippen LogP contribution in [-0.4, -0.2) is 39.9 Å². The molecule has 0 radical (unpaired) electrons. The Morgan fingerprint density at radius 1 is 1.43 bits per heavy atom. The first kappa shape index (κ1) is 13.7. The molecule has 6 heteroatoms. The van der Waals surface area contributed by atoms with Crippen LogP contribution in [0.15, 0.2) is 18.2 Å². The third-order valence-corrected chi connectivity index (χ3v) is 4.33. The van der Waals surface area contributed by atoms with Crippen LogP contribution in [0.1, 0.15) is 36.5 Å². The lowest BCUT2D eigenvalue weighted by Crippen LogP contribution is -2.51. The van der Waals surface area contributed by atoms with Gasteiger partial charge in [0.05, 0.1) is 17.7 Å². The number of aliphatic hydroxyl groups excluding tert-OH is 1. The summed E-state index contributed by atoms with van der Waals surface area (Å²) in [5.74, 6) is 0.594. The summed E-state index contributed by atoms with van der Waals surface area (Å²) >= 11 is 0. The molecule has 0 aromatic heterocycles. The minimum absolute atomic E-state index is 0.410. The molecule has 1 aromatic carbocycles. The van der Waals surface area contributed by atoms with E-state index in [-0.39, 0.29) is 0 Å². The third-order valence-electron chi connectivity index (χ3n) is 4.33. The van der Waals surface area contributed by atoms with Gasteiger partial charge < -0.3 is 19.8 Å². The van der Waals surface area contributed by atoms with E-state index < -0.39 is 17.8 Å². The van der Waals surface area contributed by atoms with Gasteiger partial charge in [-0.05, 0) is 18.2 Å². The predicted octanol–water partition coefficient (Wildman–Crippen LogP) is 1.89. The highest BCUT2D eigenvalue weighted by Gasteiger charge is 2.43. The molecule has 1 aromatic rings. The van der Waals surface area contributed by atoms with Crippen LogP contribution in [0.5, 0.6) is 5.75 Å². The number of aliphatic hydroxyl groups is 1. The van der Waals surface area contributed by atoms with Crippen molar-refractivity contribution in [1.82, 2.24) is 4.90 Å². The third kappa shape index (κ3) is 2.41. The molecule has 1 atom stereocenters. The molecule has 1 unspecified atom stereocenters. The van der Waals surface area contributed by atoms with E-state index in [9.17, 15) is 9.90 Å². The number of ether oxygens (including phenoxy) is 1. The maximum atomic E-state index is 11.0. The van der Waals surface area contributed by atoms with Gasteiger partial charge in [0.2, 0.25) is 0 Å².